The van der Waals surface area contributed by atoms with E-state index < -0.39 is 0 Å². The molecule has 4 nitrogen and oxygen atoms in total. The van der Waals surface area contributed by atoms with E-state index in [0.717, 1.165) is 9.35 Å². The van der Waals surface area contributed by atoms with Gasteiger partial charge in [0.25, 0.3) is 5.91 Å². The number of rotatable bonds is 4. The highest BCUT2D eigenvalue weighted by atomic mass is 79.9. The molecule has 0 aliphatic heterocycles. The topological polar surface area (TPSA) is 45.6 Å². The van der Waals surface area contributed by atoms with Gasteiger partial charge < -0.3 is 0 Å². The molecule has 1 amide bonds. The van der Waals surface area contributed by atoms with Crippen molar-refractivity contribution in [1.29, 1.82) is 0 Å². The summed E-state index contributed by atoms with van der Waals surface area (Å²) in [6, 6.07) is 15.2. The van der Waals surface area contributed by atoms with Crippen LogP contribution in [0.1, 0.15) is 15.2 Å². The summed E-state index contributed by atoms with van der Waals surface area (Å²) in [5.41, 5.74) is 1.09. The Hall–Kier alpha value is -2.42. The van der Waals surface area contributed by atoms with Gasteiger partial charge in [-0.1, -0.05) is 39.4 Å². The first-order valence-electron chi connectivity index (χ1n) is 7.84. The Balaban J connectivity index is 1.77. The Labute approximate surface area is 170 Å². The predicted molar refractivity (Wildman–Crippen MR) is 112 cm³/mol. The summed E-state index contributed by atoms with van der Waals surface area (Å²) in [4.78, 5) is 18.5. The van der Waals surface area contributed by atoms with Crippen LogP contribution in [0.5, 0.6) is 0 Å². The Kier molecular flexibility index (Phi) is 5.11. The van der Waals surface area contributed by atoms with E-state index >= 15 is 0 Å². The molecule has 27 heavy (non-hydrogen) atoms. The highest BCUT2D eigenvalue weighted by molar-refractivity contribution is 9.10. The van der Waals surface area contributed by atoms with E-state index in [2.05, 4.69) is 26.0 Å². The molecule has 4 aromatic rings. The standard InChI is InChI=1S/C19H11BrFN3OS2/c20-13-4-1-3-12(9-13)18(25)24(22-11-15-5-2-8-26-15)19-23-16-7-6-14(21)10-17(16)27-19/h1-11H/b22-11+. The number of amides is 1. The van der Waals surface area contributed by atoms with E-state index in [1.807, 2.05) is 23.6 Å². The molecule has 0 N–H and O–H groups in total. The molecule has 0 spiro atoms. The molecule has 0 atom stereocenters. The van der Waals surface area contributed by atoms with Crippen molar-refractivity contribution >= 4 is 66.1 Å². The molecular formula is C19H11BrFN3OS2. The number of hydrogen-bond acceptors (Lipinski definition) is 5. The number of hydrazone groups is 1. The fourth-order valence-corrected chi connectivity index (χ4v) is 4.31. The van der Waals surface area contributed by atoms with Crippen LogP contribution in [0.2, 0.25) is 0 Å². The molecule has 0 bridgehead atoms. The SMILES string of the molecule is O=C(c1cccc(Br)c1)N(/N=C/c1cccs1)c1nc2ccc(F)cc2s1. The first-order valence-corrected chi connectivity index (χ1v) is 10.3. The average molecular weight is 460 g/mol. The van der Waals surface area contributed by atoms with Crippen molar-refractivity contribution in [3.8, 4) is 0 Å². The van der Waals surface area contributed by atoms with E-state index in [4.69, 9.17) is 0 Å². The molecule has 2 heterocycles. The maximum atomic E-state index is 13.5. The van der Waals surface area contributed by atoms with Gasteiger partial charge in [-0.3, -0.25) is 4.79 Å². The third-order valence-electron chi connectivity index (χ3n) is 3.63. The van der Waals surface area contributed by atoms with E-state index in [1.165, 1.54) is 39.8 Å². The lowest BCUT2D eigenvalue weighted by molar-refractivity contribution is 0.0988. The van der Waals surface area contributed by atoms with Gasteiger partial charge in [0.15, 0.2) is 0 Å². The summed E-state index contributed by atoms with van der Waals surface area (Å²) in [6.45, 7) is 0. The van der Waals surface area contributed by atoms with Gasteiger partial charge in [0, 0.05) is 14.9 Å². The number of anilines is 1. The number of nitrogens with zero attached hydrogens (tertiary/aromatic N) is 3. The minimum Gasteiger partial charge on any atom is -0.267 e. The number of thiophene rings is 1. The fraction of sp³-hybridized carbons (Fsp3) is 0. The lowest BCUT2D eigenvalue weighted by Crippen LogP contribution is -2.25. The van der Waals surface area contributed by atoms with Crippen molar-refractivity contribution in [1.82, 2.24) is 4.98 Å². The molecule has 2 aromatic heterocycles. The summed E-state index contributed by atoms with van der Waals surface area (Å²) in [6.07, 6.45) is 1.62. The molecule has 0 unspecified atom stereocenters. The Morgan fingerprint density at radius 1 is 1.19 bits per heavy atom. The van der Waals surface area contributed by atoms with Gasteiger partial charge >= 0.3 is 0 Å². The first kappa shape index (κ1) is 18.0. The van der Waals surface area contributed by atoms with Crippen LogP contribution < -0.4 is 5.01 Å². The second-order valence-corrected chi connectivity index (χ2v) is 8.40. The van der Waals surface area contributed by atoms with Gasteiger partial charge in [-0.05, 0) is 47.8 Å². The zero-order valence-corrected chi connectivity index (χ0v) is 16.9. The molecule has 2 aromatic carbocycles. The van der Waals surface area contributed by atoms with Crippen molar-refractivity contribution in [2.45, 2.75) is 0 Å². The Morgan fingerprint density at radius 3 is 2.85 bits per heavy atom. The molecule has 134 valence electrons. The fourth-order valence-electron chi connectivity index (χ4n) is 2.39. The van der Waals surface area contributed by atoms with Crippen LogP contribution in [0.25, 0.3) is 10.2 Å². The molecule has 4 rings (SSSR count). The summed E-state index contributed by atoms with van der Waals surface area (Å²) in [5.74, 6) is -0.659. The van der Waals surface area contributed by atoms with Crippen LogP contribution in [-0.2, 0) is 0 Å². The molecule has 0 fully saturated rings. The largest absolute Gasteiger partial charge is 0.280 e. The summed E-state index contributed by atoms with van der Waals surface area (Å²) < 4.78 is 15.0. The Morgan fingerprint density at radius 2 is 2.07 bits per heavy atom. The minimum atomic E-state index is -0.343. The van der Waals surface area contributed by atoms with Gasteiger partial charge in [-0.15, -0.1) is 11.3 Å². The number of aromatic nitrogens is 1. The van der Waals surface area contributed by atoms with E-state index in [9.17, 15) is 9.18 Å². The maximum absolute atomic E-state index is 13.5. The zero-order valence-electron chi connectivity index (χ0n) is 13.7. The van der Waals surface area contributed by atoms with Crippen LogP contribution in [0.15, 0.2) is 69.6 Å². The molecular weight excluding hydrogens is 449 g/mol. The molecule has 8 heteroatoms. The minimum absolute atomic E-state index is 0.316. The smallest absolute Gasteiger partial charge is 0.267 e. The predicted octanol–water partition coefficient (Wildman–Crippen LogP) is 5.94. The average Bonchev–Trinajstić information content (AvgIpc) is 3.31. The normalized spacial score (nSPS) is 11.3. The molecule has 0 radical (unpaired) electrons. The number of fused-ring (bicyclic) bond motifs is 1. The van der Waals surface area contributed by atoms with Gasteiger partial charge in [0.2, 0.25) is 5.13 Å². The number of hydrogen-bond donors (Lipinski definition) is 0. The number of carbonyl (C=O) groups excluding carboxylic acids is 1. The number of thiazole rings is 1. The second kappa shape index (κ2) is 7.67. The van der Waals surface area contributed by atoms with E-state index in [0.29, 0.717) is 20.9 Å². The summed E-state index contributed by atoms with van der Waals surface area (Å²) in [5, 5.41) is 7.94. The second-order valence-electron chi connectivity index (χ2n) is 5.50. The summed E-state index contributed by atoms with van der Waals surface area (Å²) >= 11 is 6.11. The molecule has 0 aliphatic rings. The highest BCUT2D eigenvalue weighted by Gasteiger charge is 2.21. The third kappa shape index (κ3) is 3.97. The van der Waals surface area contributed by atoms with Crippen LogP contribution >= 0.6 is 38.6 Å². The van der Waals surface area contributed by atoms with Gasteiger partial charge in [0.1, 0.15) is 5.82 Å². The number of benzene rings is 2. The highest BCUT2D eigenvalue weighted by Crippen LogP contribution is 2.31. The van der Waals surface area contributed by atoms with Gasteiger partial charge in [-0.2, -0.15) is 10.1 Å². The molecule has 0 saturated heterocycles. The first-order chi connectivity index (χ1) is 13.1. The van der Waals surface area contributed by atoms with Crippen molar-refractivity contribution in [2.75, 3.05) is 5.01 Å². The van der Waals surface area contributed by atoms with Crippen molar-refractivity contribution in [3.05, 3.63) is 80.7 Å². The van der Waals surface area contributed by atoms with Crippen molar-refractivity contribution in [2.24, 2.45) is 5.10 Å². The van der Waals surface area contributed by atoms with Gasteiger partial charge in [-0.25, -0.2) is 9.37 Å². The van der Waals surface area contributed by atoms with Crippen LogP contribution in [-0.4, -0.2) is 17.1 Å². The quantitative estimate of drug-likeness (QED) is 0.280. The number of halogens is 2. The maximum Gasteiger partial charge on any atom is 0.280 e. The van der Waals surface area contributed by atoms with Gasteiger partial charge in [0.05, 0.1) is 16.4 Å². The summed E-state index contributed by atoms with van der Waals surface area (Å²) in [7, 11) is 0. The van der Waals surface area contributed by atoms with Crippen molar-refractivity contribution < 1.29 is 9.18 Å². The lowest BCUT2D eigenvalue weighted by atomic mass is 10.2. The molecule has 0 saturated carbocycles. The third-order valence-corrected chi connectivity index (χ3v) is 5.92. The van der Waals surface area contributed by atoms with Crippen LogP contribution in [0.3, 0.4) is 0 Å². The zero-order chi connectivity index (χ0) is 18.8. The molecule has 0 aliphatic carbocycles. The lowest BCUT2D eigenvalue weighted by Gasteiger charge is -2.13. The van der Waals surface area contributed by atoms with Crippen LogP contribution in [0.4, 0.5) is 9.52 Å². The number of carbonyl (C=O) groups is 1. The van der Waals surface area contributed by atoms with E-state index in [-0.39, 0.29) is 11.7 Å². The van der Waals surface area contributed by atoms with E-state index in [1.54, 1.807) is 30.5 Å². The van der Waals surface area contributed by atoms with Crippen LogP contribution in [0, 0.1) is 5.82 Å². The monoisotopic (exact) mass is 459 g/mol. The van der Waals surface area contributed by atoms with Crippen molar-refractivity contribution in [3.63, 3.8) is 0 Å². The Bertz CT molecular complexity index is 1140.